The van der Waals surface area contributed by atoms with E-state index in [2.05, 4.69) is 5.16 Å². The Balaban J connectivity index is 1.99. The maximum Gasteiger partial charge on any atom is 0.312 e. The summed E-state index contributed by atoms with van der Waals surface area (Å²) in [5.74, 6) is -1.50. The van der Waals surface area contributed by atoms with Gasteiger partial charge in [0.05, 0.1) is 18.4 Å². The zero-order valence-corrected chi connectivity index (χ0v) is 13.9. The first-order valence-electron chi connectivity index (χ1n) is 8.35. The van der Waals surface area contributed by atoms with Gasteiger partial charge in [-0.25, -0.2) is 0 Å². The molecule has 23 heavy (non-hydrogen) atoms. The van der Waals surface area contributed by atoms with E-state index in [9.17, 15) is 14.4 Å². The molecular formula is C17H25NO5. The molecule has 2 fully saturated rings. The van der Waals surface area contributed by atoms with Crippen molar-refractivity contribution in [2.24, 2.45) is 22.4 Å². The van der Waals surface area contributed by atoms with E-state index in [1.807, 2.05) is 6.92 Å². The molecule has 0 aromatic carbocycles. The number of Topliss-reactive ketones (excluding diaryl/α,β-unsaturated/α-hetero) is 2. The summed E-state index contributed by atoms with van der Waals surface area (Å²) >= 11 is 0. The standard InChI is InChI=1S/C17H25NO5/c1-3-23-18-10-5-4-7-12-14(19)11-17(16(21)22-2)9-6-8-13(17)15(12)20/h10,12-13H,3-9,11H2,1-2H3. The number of fused-ring (bicyclic) bond motifs is 1. The molecule has 2 aliphatic carbocycles. The third kappa shape index (κ3) is 3.46. The molecular weight excluding hydrogens is 298 g/mol. The predicted molar refractivity (Wildman–Crippen MR) is 83.9 cm³/mol. The maximum absolute atomic E-state index is 12.7. The smallest absolute Gasteiger partial charge is 0.312 e. The second kappa shape index (κ2) is 7.70. The van der Waals surface area contributed by atoms with Crippen LogP contribution in [-0.4, -0.2) is 37.5 Å². The molecule has 0 radical (unpaired) electrons. The lowest BCUT2D eigenvalue weighted by molar-refractivity contribution is -0.165. The molecule has 6 nitrogen and oxygen atoms in total. The van der Waals surface area contributed by atoms with Crippen LogP contribution in [0.3, 0.4) is 0 Å². The fourth-order valence-corrected chi connectivity index (χ4v) is 3.95. The Kier molecular flexibility index (Phi) is 5.91. The molecule has 0 saturated heterocycles. The summed E-state index contributed by atoms with van der Waals surface area (Å²) in [6.07, 6.45) is 5.76. The summed E-state index contributed by atoms with van der Waals surface area (Å²) in [6, 6.07) is 0. The third-order valence-corrected chi connectivity index (χ3v) is 5.04. The average molecular weight is 323 g/mol. The molecule has 0 aromatic heterocycles. The molecule has 2 saturated carbocycles. The second-order valence-corrected chi connectivity index (χ2v) is 6.33. The molecule has 2 rings (SSSR count). The molecule has 0 heterocycles. The van der Waals surface area contributed by atoms with Crippen LogP contribution in [0.1, 0.15) is 51.9 Å². The number of hydrogen-bond acceptors (Lipinski definition) is 6. The van der Waals surface area contributed by atoms with E-state index in [1.165, 1.54) is 7.11 Å². The molecule has 0 N–H and O–H groups in total. The summed E-state index contributed by atoms with van der Waals surface area (Å²) in [5.41, 5.74) is -0.893. The van der Waals surface area contributed by atoms with Gasteiger partial charge in [-0.3, -0.25) is 14.4 Å². The molecule has 0 aliphatic heterocycles. The van der Waals surface area contributed by atoms with Gasteiger partial charge in [-0.05, 0) is 39.0 Å². The van der Waals surface area contributed by atoms with Crippen LogP contribution in [0.4, 0.5) is 0 Å². The van der Waals surface area contributed by atoms with Crippen LogP contribution in [0.25, 0.3) is 0 Å². The van der Waals surface area contributed by atoms with Gasteiger partial charge in [-0.1, -0.05) is 11.6 Å². The summed E-state index contributed by atoms with van der Waals surface area (Å²) in [5, 5.41) is 3.75. The molecule has 6 heteroatoms. The van der Waals surface area contributed by atoms with Crippen molar-refractivity contribution in [1.82, 2.24) is 0 Å². The molecule has 2 aliphatic rings. The van der Waals surface area contributed by atoms with E-state index in [0.29, 0.717) is 38.7 Å². The Labute approximate surface area is 136 Å². The van der Waals surface area contributed by atoms with Crippen LogP contribution in [-0.2, 0) is 24.0 Å². The fraction of sp³-hybridized carbons (Fsp3) is 0.765. The van der Waals surface area contributed by atoms with Crippen molar-refractivity contribution in [2.45, 2.75) is 51.9 Å². The molecule has 0 aromatic rings. The number of rotatable bonds is 7. The predicted octanol–water partition coefficient (Wildman–Crippen LogP) is 2.30. The Morgan fingerprint density at radius 1 is 1.43 bits per heavy atom. The molecule has 0 bridgehead atoms. The monoisotopic (exact) mass is 323 g/mol. The van der Waals surface area contributed by atoms with E-state index in [1.54, 1.807) is 6.21 Å². The maximum atomic E-state index is 12.7. The zero-order chi connectivity index (χ0) is 16.9. The molecule has 0 amide bonds. The molecule has 128 valence electrons. The molecule has 3 unspecified atom stereocenters. The lowest BCUT2D eigenvalue weighted by Gasteiger charge is -2.38. The van der Waals surface area contributed by atoms with Gasteiger partial charge in [0.1, 0.15) is 18.2 Å². The lowest BCUT2D eigenvalue weighted by Crippen LogP contribution is -2.50. The van der Waals surface area contributed by atoms with Gasteiger partial charge >= 0.3 is 5.97 Å². The lowest BCUT2D eigenvalue weighted by atomic mass is 9.63. The van der Waals surface area contributed by atoms with Crippen molar-refractivity contribution in [2.75, 3.05) is 13.7 Å². The van der Waals surface area contributed by atoms with Gasteiger partial charge in [0.25, 0.3) is 0 Å². The van der Waals surface area contributed by atoms with Gasteiger partial charge in [0.2, 0.25) is 0 Å². The average Bonchev–Trinajstić information content (AvgIpc) is 2.97. The number of ketones is 2. The Bertz CT molecular complexity index is 501. The number of nitrogens with zero attached hydrogens (tertiary/aromatic N) is 1. The number of oxime groups is 1. The van der Waals surface area contributed by atoms with Gasteiger partial charge in [-0.2, -0.15) is 0 Å². The highest BCUT2D eigenvalue weighted by Gasteiger charge is 2.59. The van der Waals surface area contributed by atoms with Crippen molar-refractivity contribution in [3.8, 4) is 0 Å². The molecule has 0 spiro atoms. The number of esters is 1. The highest BCUT2D eigenvalue weighted by Crippen LogP contribution is 2.52. The topological polar surface area (TPSA) is 82.0 Å². The Hall–Kier alpha value is -1.72. The van der Waals surface area contributed by atoms with Crippen LogP contribution in [0.5, 0.6) is 0 Å². The van der Waals surface area contributed by atoms with E-state index in [0.717, 1.165) is 6.42 Å². The summed E-state index contributed by atoms with van der Waals surface area (Å²) in [7, 11) is 1.32. The van der Waals surface area contributed by atoms with Crippen molar-refractivity contribution in [1.29, 1.82) is 0 Å². The Morgan fingerprint density at radius 3 is 2.91 bits per heavy atom. The number of methoxy groups -OCH3 is 1. The first kappa shape index (κ1) is 17.6. The van der Waals surface area contributed by atoms with E-state index < -0.39 is 17.3 Å². The van der Waals surface area contributed by atoms with Crippen LogP contribution in [0.2, 0.25) is 0 Å². The number of carbonyl (C=O) groups excluding carboxylic acids is 3. The van der Waals surface area contributed by atoms with Crippen LogP contribution >= 0.6 is 0 Å². The number of ether oxygens (including phenoxy) is 1. The number of carbonyl (C=O) groups is 3. The van der Waals surface area contributed by atoms with Crippen molar-refractivity contribution in [3.05, 3.63) is 0 Å². The highest BCUT2D eigenvalue weighted by molar-refractivity contribution is 6.10. The largest absolute Gasteiger partial charge is 0.469 e. The SMILES string of the molecule is CCON=CCCCC1C(=O)CC2(C(=O)OC)CCCC2C1=O. The summed E-state index contributed by atoms with van der Waals surface area (Å²) in [4.78, 5) is 42.2. The minimum absolute atomic E-state index is 0.0640. The first-order chi connectivity index (χ1) is 11.1. The van der Waals surface area contributed by atoms with E-state index >= 15 is 0 Å². The second-order valence-electron chi connectivity index (χ2n) is 6.33. The first-order valence-corrected chi connectivity index (χ1v) is 8.35. The van der Waals surface area contributed by atoms with E-state index in [-0.39, 0.29) is 23.9 Å². The molecule has 3 atom stereocenters. The highest BCUT2D eigenvalue weighted by atomic mass is 16.6. The van der Waals surface area contributed by atoms with Gasteiger partial charge in [-0.15, -0.1) is 0 Å². The Morgan fingerprint density at radius 2 is 2.22 bits per heavy atom. The van der Waals surface area contributed by atoms with Crippen LogP contribution in [0.15, 0.2) is 5.16 Å². The zero-order valence-electron chi connectivity index (χ0n) is 13.9. The minimum atomic E-state index is -0.893. The quantitative estimate of drug-likeness (QED) is 0.236. The van der Waals surface area contributed by atoms with Gasteiger partial charge in [0.15, 0.2) is 0 Å². The normalized spacial score (nSPS) is 30.5. The van der Waals surface area contributed by atoms with E-state index in [4.69, 9.17) is 9.57 Å². The van der Waals surface area contributed by atoms with Crippen molar-refractivity contribution < 1.29 is 24.0 Å². The number of unbranched alkanes of at least 4 members (excludes halogenated alkanes) is 1. The third-order valence-electron chi connectivity index (χ3n) is 5.04. The van der Waals surface area contributed by atoms with Crippen LogP contribution < -0.4 is 0 Å². The van der Waals surface area contributed by atoms with Crippen LogP contribution in [0, 0.1) is 17.3 Å². The minimum Gasteiger partial charge on any atom is -0.469 e. The fourth-order valence-electron chi connectivity index (χ4n) is 3.95. The summed E-state index contributed by atoms with van der Waals surface area (Å²) in [6.45, 7) is 2.37. The number of hydrogen-bond donors (Lipinski definition) is 0. The summed E-state index contributed by atoms with van der Waals surface area (Å²) < 4.78 is 4.89. The van der Waals surface area contributed by atoms with Gasteiger partial charge < -0.3 is 9.57 Å². The van der Waals surface area contributed by atoms with Gasteiger partial charge in [0, 0.05) is 18.6 Å². The van der Waals surface area contributed by atoms with Crippen molar-refractivity contribution in [3.63, 3.8) is 0 Å². The van der Waals surface area contributed by atoms with Crippen molar-refractivity contribution >= 4 is 23.8 Å².